The van der Waals surface area contributed by atoms with Gasteiger partial charge in [-0.3, -0.25) is 4.79 Å². The van der Waals surface area contributed by atoms with Gasteiger partial charge in [-0.2, -0.15) is 0 Å². The van der Waals surface area contributed by atoms with Crippen molar-refractivity contribution >= 4 is 24.6 Å². The molecule has 0 heterocycles. The molecule has 24 heavy (non-hydrogen) atoms. The molecule has 142 valence electrons. The molecule has 0 saturated heterocycles. The molecule has 0 unspecified atom stereocenters. The van der Waals surface area contributed by atoms with Gasteiger partial charge >= 0.3 is 6.09 Å². The van der Waals surface area contributed by atoms with E-state index < -0.39 is 16.6 Å². The fourth-order valence-electron chi connectivity index (χ4n) is 1.38. The second-order valence-electron chi connectivity index (χ2n) is 6.40. The molecule has 0 saturated carbocycles. The van der Waals surface area contributed by atoms with E-state index in [9.17, 15) is 14.7 Å². The highest BCUT2D eigenvalue weighted by Crippen LogP contribution is 2.06. The molecule has 0 aliphatic rings. The molecule has 0 radical (unpaired) electrons. The summed E-state index contributed by atoms with van der Waals surface area (Å²) in [5.74, 6) is -0.216. The van der Waals surface area contributed by atoms with Crippen LogP contribution in [-0.4, -0.2) is 67.2 Å². The van der Waals surface area contributed by atoms with Crippen LogP contribution in [0.5, 0.6) is 0 Å². The largest absolute Gasteiger partial charge is 0.444 e. The molecule has 0 aromatic rings. The Labute approximate surface area is 149 Å². The number of carbonyl (C=O) groups excluding carboxylic acids is 2. The van der Waals surface area contributed by atoms with E-state index in [1.54, 1.807) is 20.8 Å². The molecule has 9 heteroatoms. The molecule has 0 bridgehead atoms. The number of alkyl carbamates (subject to hydrolysis) is 1. The number of nitrogens with one attached hydrogen (secondary N) is 2. The number of carbonyl (C=O) groups is 2. The van der Waals surface area contributed by atoms with Crippen molar-refractivity contribution in [3.05, 3.63) is 0 Å². The Hall–Kier alpha value is -1.03. The van der Waals surface area contributed by atoms with Crippen LogP contribution in [0.3, 0.4) is 0 Å². The van der Waals surface area contributed by atoms with Gasteiger partial charge in [0.2, 0.25) is 5.91 Å². The number of hydrogen-bond acceptors (Lipinski definition) is 7. The summed E-state index contributed by atoms with van der Waals surface area (Å²) in [6, 6.07) is 0. The quantitative estimate of drug-likeness (QED) is 0.244. The molecular weight excluding hydrogens is 336 g/mol. The number of rotatable bonds is 11. The zero-order valence-electron chi connectivity index (χ0n) is 14.9. The standard InChI is InChI=1S/C15H30N2O6S/c1-14(2,3)23-13(19)16-6-8-22-10-9-21-7-5-12(18)17-11-15(4,20)24/h20,24H,5-11H2,1-4H3,(H,16,19)(H,17,18)/t15-/m0/s1. The zero-order chi connectivity index (χ0) is 18.6. The first-order valence-electron chi connectivity index (χ1n) is 7.83. The molecule has 0 fully saturated rings. The van der Waals surface area contributed by atoms with Crippen LogP contribution in [0.25, 0.3) is 0 Å². The molecular formula is C15H30N2O6S. The van der Waals surface area contributed by atoms with Gasteiger partial charge in [0.05, 0.1) is 33.0 Å². The second-order valence-corrected chi connectivity index (χ2v) is 7.36. The second kappa shape index (κ2) is 11.5. The van der Waals surface area contributed by atoms with Crippen LogP contribution >= 0.6 is 12.6 Å². The Morgan fingerprint density at radius 1 is 1.00 bits per heavy atom. The summed E-state index contributed by atoms with van der Waals surface area (Å²) in [5, 5.41) is 14.5. The Balaban J connectivity index is 3.40. The van der Waals surface area contributed by atoms with Crippen LogP contribution in [0, 0.1) is 0 Å². The number of ether oxygens (including phenoxy) is 3. The van der Waals surface area contributed by atoms with Gasteiger partial charge in [0.25, 0.3) is 0 Å². The number of hydrogen-bond donors (Lipinski definition) is 4. The zero-order valence-corrected chi connectivity index (χ0v) is 15.8. The van der Waals surface area contributed by atoms with Crippen LogP contribution in [0.2, 0.25) is 0 Å². The fraction of sp³-hybridized carbons (Fsp3) is 0.867. The van der Waals surface area contributed by atoms with Crippen LogP contribution in [-0.2, 0) is 19.0 Å². The van der Waals surface area contributed by atoms with Crippen LogP contribution in [0.15, 0.2) is 0 Å². The lowest BCUT2D eigenvalue weighted by molar-refractivity contribution is -0.122. The summed E-state index contributed by atoms with van der Waals surface area (Å²) in [6.07, 6.45) is -0.280. The first-order chi connectivity index (χ1) is 11.0. The van der Waals surface area contributed by atoms with Crippen molar-refractivity contribution in [2.45, 2.75) is 44.6 Å². The predicted molar refractivity (Wildman–Crippen MR) is 93.1 cm³/mol. The van der Waals surface area contributed by atoms with Crippen molar-refractivity contribution in [2.75, 3.05) is 39.5 Å². The number of aliphatic hydroxyl groups is 1. The van der Waals surface area contributed by atoms with Gasteiger partial charge in [-0.25, -0.2) is 4.79 Å². The lowest BCUT2D eigenvalue weighted by Crippen LogP contribution is -2.36. The highest BCUT2D eigenvalue weighted by atomic mass is 32.1. The highest BCUT2D eigenvalue weighted by molar-refractivity contribution is 7.81. The van der Waals surface area contributed by atoms with Crippen molar-refractivity contribution in [3.63, 3.8) is 0 Å². The summed E-state index contributed by atoms with van der Waals surface area (Å²) in [4.78, 5) is 21.5. The minimum absolute atomic E-state index is 0.0721. The summed E-state index contributed by atoms with van der Waals surface area (Å²) in [5.41, 5.74) is -0.520. The maximum atomic E-state index is 11.4. The van der Waals surface area contributed by atoms with E-state index in [-0.39, 0.29) is 25.5 Å². The molecule has 0 aromatic carbocycles. The van der Waals surface area contributed by atoms with E-state index in [0.717, 1.165) is 0 Å². The number of thiol groups is 1. The third-order valence-corrected chi connectivity index (χ3v) is 2.54. The summed E-state index contributed by atoms with van der Waals surface area (Å²) in [7, 11) is 0. The van der Waals surface area contributed by atoms with E-state index >= 15 is 0 Å². The lowest BCUT2D eigenvalue weighted by atomic mass is 10.2. The normalized spacial score (nSPS) is 13.9. The van der Waals surface area contributed by atoms with E-state index in [4.69, 9.17) is 14.2 Å². The predicted octanol–water partition coefficient (Wildman–Crippen LogP) is 0.689. The van der Waals surface area contributed by atoms with Crippen molar-refractivity contribution in [1.82, 2.24) is 10.6 Å². The third kappa shape index (κ3) is 17.3. The molecule has 2 amide bonds. The van der Waals surface area contributed by atoms with E-state index in [1.165, 1.54) is 6.92 Å². The van der Waals surface area contributed by atoms with E-state index in [0.29, 0.717) is 26.4 Å². The Morgan fingerprint density at radius 3 is 2.12 bits per heavy atom. The number of amides is 2. The van der Waals surface area contributed by atoms with Crippen molar-refractivity contribution in [1.29, 1.82) is 0 Å². The first kappa shape index (κ1) is 23.0. The van der Waals surface area contributed by atoms with Crippen molar-refractivity contribution < 1.29 is 28.9 Å². The maximum absolute atomic E-state index is 11.4. The minimum Gasteiger partial charge on any atom is -0.444 e. The average molecular weight is 366 g/mol. The van der Waals surface area contributed by atoms with Gasteiger partial charge < -0.3 is 30.0 Å². The Kier molecular flexibility index (Phi) is 11.0. The van der Waals surface area contributed by atoms with E-state index in [1.807, 2.05) is 0 Å². The Morgan fingerprint density at radius 2 is 1.58 bits per heavy atom. The monoisotopic (exact) mass is 366 g/mol. The SMILES string of the molecule is CC(C)(C)OC(=O)NCCOCCOCCC(=O)NC[C@@](C)(O)S. The molecule has 0 aliphatic carbocycles. The first-order valence-corrected chi connectivity index (χ1v) is 8.28. The van der Waals surface area contributed by atoms with Crippen LogP contribution < -0.4 is 10.6 Å². The smallest absolute Gasteiger partial charge is 0.407 e. The van der Waals surface area contributed by atoms with Crippen LogP contribution in [0.1, 0.15) is 34.1 Å². The average Bonchev–Trinajstić information content (AvgIpc) is 2.40. The summed E-state index contributed by atoms with van der Waals surface area (Å²) < 4.78 is 15.6. The minimum atomic E-state index is -1.22. The molecule has 0 aliphatic heterocycles. The van der Waals surface area contributed by atoms with Crippen molar-refractivity contribution in [2.24, 2.45) is 0 Å². The molecule has 1 atom stereocenters. The Bertz CT molecular complexity index is 379. The maximum Gasteiger partial charge on any atom is 0.407 e. The third-order valence-electron chi connectivity index (χ3n) is 2.38. The van der Waals surface area contributed by atoms with Gasteiger partial charge in [0.15, 0.2) is 0 Å². The molecule has 0 aromatic heterocycles. The van der Waals surface area contributed by atoms with Crippen LogP contribution in [0.4, 0.5) is 4.79 Å². The van der Waals surface area contributed by atoms with Gasteiger partial charge in [-0.15, -0.1) is 12.6 Å². The fourth-order valence-corrected chi connectivity index (χ4v) is 1.46. The summed E-state index contributed by atoms with van der Waals surface area (Å²) >= 11 is 3.89. The summed E-state index contributed by atoms with van der Waals surface area (Å²) in [6.45, 7) is 8.61. The molecule has 8 nitrogen and oxygen atoms in total. The highest BCUT2D eigenvalue weighted by Gasteiger charge is 2.15. The van der Waals surface area contributed by atoms with E-state index in [2.05, 4.69) is 23.3 Å². The van der Waals surface area contributed by atoms with Gasteiger partial charge in [0, 0.05) is 13.0 Å². The molecule has 0 rings (SSSR count). The lowest BCUT2D eigenvalue weighted by Gasteiger charge is -2.19. The van der Waals surface area contributed by atoms with Gasteiger partial charge in [-0.05, 0) is 27.7 Å². The van der Waals surface area contributed by atoms with Gasteiger partial charge in [-0.1, -0.05) is 0 Å². The topological polar surface area (TPSA) is 106 Å². The van der Waals surface area contributed by atoms with Crippen molar-refractivity contribution in [3.8, 4) is 0 Å². The van der Waals surface area contributed by atoms with Gasteiger partial charge in [0.1, 0.15) is 10.5 Å². The molecule has 0 spiro atoms. The molecule has 3 N–H and O–H groups in total.